The molecule has 24 heteroatoms. The quantitative estimate of drug-likeness (QED) is 0.0823. The number of carbonyl (C=O) groups is 6. The first-order valence-corrected chi connectivity index (χ1v) is 11.7. The van der Waals surface area contributed by atoms with Crippen LogP contribution in [0.15, 0.2) is 0 Å². The third-order valence-electron chi connectivity index (χ3n) is 4.25. The van der Waals surface area contributed by atoms with Gasteiger partial charge in [0.1, 0.15) is 10.3 Å². The number of hydrogen-bond acceptors (Lipinski definition) is 12. The zero-order chi connectivity index (χ0) is 27.7. The molecule has 0 heterocycles. The topological polar surface area (TPSA) is 496 Å². The van der Waals surface area contributed by atoms with Gasteiger partial charge < -0.3 is 94.0 Å². The van der Waals surface area contributed by atoms with Gasteiger partial charge in [-0.15, -0.1) is 0 Å². The van der Waals surface area contributed by atoms with E-state index in [1.54, 1.807) is 0 Å². The van der Waals surface area contributed by atoms with E-state index in [0.717, 1.165) is 0 Å². The summed E-state index contributed by atoms with van der Waals surface area (Å²) >= 11 is 0. The van der Waals surface area contributed by atoms with Crippen LogP contribution in [0.2, 0.25) is 0 Å². The lowest BCUT2D eigenvalue weighted by Crippen LogP contribution is -2.50. The van der Waals surface area contributed by atoms with E-state index in [2.05, 4.69) is 0 Å². The van der Waals surface area contributed by atoms with Crippen LogP contribution in [0.3, 0.4) is 0 Å². The Bertz CT molecular complexity index is 858. The zero-order valence-corrected chi connectivity index (χ0v) is 22.5. The molecule has 22 N–H and O–H groups in total. The molecule has 0 bridgehead atoms. The fourth-order valence-corrected chi connectivity index (χ4v) is 4.34. The van der Waals surface area contributed by atoms with Crippen LogP contribution in [-0.4, -0.2) is 75.9 Å². The SMILES string of the molecule is O=C([O-])CCC(CC(=O)O)(C(=O)[O-])P(=O)(O)O.O=C([O-])CCC(CC(=O)O)(C(=O)[O-])P(=O)(O)O.[NH4+].[NH4+].[NH4+].[NH4+]. The first kappa shape index (κ1) is 48.1. The van der Waals surface area contributed by atoms with E-state index in [9.17, 15) is 58.3 Å². The maximum atomic E-state index is 11.0. The number of quaternary nitrogens is 4. The second-order valence-electron chi connectivity index (χ2n) is 6.61. The molecule has 0 aliphatic heterocycles. The Labute approximate surface area is 213 Å². The van der Waals surface area contributed by atoms with Crippen LogP contribution in [-0.2, 0) is 37.9 Å². The highest BCUT2D eigenvalue weighted by atomic mass is 31.2. The molecule has 2 atom stereocenters. The van der Waals surface area contributed by atoms with Gasteiger partial charge in [-0.25, -0.2) is 0 Å². The van der Waals surface area contributed by atoms with Gasteiger partial charge in [-0.3, -0.25) is 18.7 Å². The van der Waals surface area contributed by atoms with Gasteiger partial charge >= 0.3 is 27.1 Å². The van der Waals surface area contributed by atoms with E-state index in [1.807, 2.05) is 0 Å². The van der Waals surface area contributed by atoms with Crippen LogP contribution in [0.1, 0.15) is 38.5 Å². The number of hydrogen-bond donors (Lipinski definition) is 10. The molecule has 0 rings (SSSR count). The van der Waals surface area contributed by atoms with Crippen LogP contribution in [0.4, 0.5) is 0 Å². The van der Waals surface area contributed by atoms with Crippen molar-refractivity contribution in [2.75, 3.05) is 0 Å². The molecule has 0 aromatic carbocycles. The van der Waals surface area contributed by atoms with E-state index in [4.69, 9.17) is 29.8 Å². The zero-order valence-electron chi connectivity index (χ0n) is 20.7. The van der Waals surface area contributed by atoms with Crippen molar-refractivity contribution in [3.8, 4) is 0 Å². The van der Waals surface area contributed by atoms with E-state index < -0.39 is 99.8 Å². The lowest BCUT2D eigenvalue weighted by Gasteiger charge is -2.33. The molecule has 38 heavy (non-hydrogen) atoms. The minimum Gasteiger partial charge on any atom is -0.550 e. The summed E-state index contributed by atoms with van der Waals surface area (Å²) in [6.45, 7) is 0. The molecule has 2 unspecified atom stereocenters. The van der Waals surface area contributed by atoms with Gasteiger partial charge in [0.25, 0.3) is 0 Å². The average molecular weight is 608 g/mol. The first-order chi connectivity index (χ1) is 15.1. The Balaban J connectivity index is -0.000000122. The second kappa shape index (κ2) is 18.3. The van der Waals surface area contributed by atoms with E-state index >= 15 is 0 Å². The molecule has 0 saturated heterocycles. The number of carbonyl (C=O) groups excluding carboxylic acids is 4. The normalized spacial score (nSPS) is 13.4. The minimum absolute atomic E-state index is 0. The molecule has 22 nitrogen and oxygen atoms in total. The summed E-state index contributed by atoms with van der Waals surface area (Å²) in [6.07, 6.45) is -7.07. The van der Waals surface area contributed by atoms with Crippen LogP contribution >= 0.6 is 15.2 Å². The van der Waals surface area contributed by atoms with Gasteiger partial charge in [-0.05, 0) is 25.7 Å². The van der Waals surface area contributed by atoms with Crippen molar-refractivity contribution in [3.63, 3.8) is 0 Å². The third kappa shape index (κ3) is 14.0. The van der Waals surface area contributed by atoms with Crippen LogP contribution < -0.4 is 45.0 Å². The Morgan fingerprint density at radius 2 is 0.763 bits per heavy atom. The summed E-state index contributed by atoms with van der Waals surface area (Å²) in [5.41, 5.74) is 0. The molecule has 0 saturated carbocycles. The highest BCUT2D eigenvalue weighted by Gasteiger charge is 2.50. The van der Waals surface area contributed by atoms with E-state index in [0.29, 0.717) is 0 Å². The standard InChI is InChI=1S/2C7H11O9P.4H3N/c2*8-4(9)1-2-7(6(12)13,3-5(10)11)17(14,15)16;;;;/h2*1-3H2,(H,8,9)(H,10,11)(H,12,13)(H2,14,15,16);4*1H3. The lowest BCUT2D eigenvalue weighted by atomic mass is 9.98. The molecular formula is C14H34N4O18P2. The largest absolute Gasteiger partial charge is 0.550 e. The highest BCUT2D eigenvalue weighted by molar-refractivity contribution is 7.55. The molecular weight excluding hydrogens is 574 g/mol. The predicted octanol–water partition coefficient (Wildman–Crippen LogP) is -5.18. The summed E-state index contributed by atoms with van der Waals surface area (Å²) in [5.74, 6) is -11.7. The number of rotatable bonds is 14. The number of aliphatic carboxylic acids is 6. The van der Waals surface area contributed by atoms with Crippen molar-refractivity contribution >= 4 is 51.0 Å². The molecule has 0 aromatic rings. The van der Waals surface area contributed by atoms with Crippen molar-refractivity contribution in [3.05, 3.63) is 0 Å². The molecule has 0 amide bonds. The van der Waals surface area contributed by atoms with Gasteiger partial charge in [-0.2, -0.15) is 0 Å². The lowest BCUT2D eigenvalue weighted by molar-refractivity contribution is -0.314. The van der Waals surface area contributed by atoms with Gasteiger partial charge in [0, 0.05) is 11.9 Å². The summed E-state index contributed by atoms with van der Waals surface area (Å²) < 4.78 is 22.1. The summed E-state index contributed by atoms with van der Waals surface area (Å²) in [5, 5.41) is 52.5. The first-order valence-electron chi connectivity index (χ1n) is 8.43. The molecule has 0 aliphatic carbocycles. The Morgan fingerprint density at radius 1 is 0.553 bits per heavy atom. The average Bonchev–Trinajstić information content (AvgIpc) is 2.59. The predicted molar refractivity (Wildman–Crippen MR) is 116 cm³/mol. The smallest absolute Gasteiger partial charge is 0.337 e. The van der Waals surface area contributed by atoms with Crippen molar-refractivity contribution in [2.24, 2.45) is 0 Å². The van der Waals surface area contributed by atoms with Gasteiger partial charge in [0.05, 0.1) is 24.8 Å². The maximum absolute atomic E-state index is 11.0. The number of carboxylic acids is 6. The number of carboxylic acid groups (broad SMARTS) is 6. The summed E-state index contributed by atoms with van der Waals surface area (Å²) in [7, 11) is -10.8. The summed E-state index contributed by atoms with van der Waals surface area (Å²) in [6, 6.07) is 0. The van der Waals surface area contributed by atoms with Crippen molar-refractivity contribution in [2.45, 2.75) is 48.8 Å². The Hall–Kier alpha value is -3.04. The molecule has 0 aromatic heterocycles. The van der Waals surface area contributed by atoms with E-state index in [1.165, 1.54) is 0 Å². The Kier molecular flexibility index (Phi) is 23.1. The Morgan fingerprint density at radius 3 is 0.868 bits per heavy atom. The van der Waals surface area contributed by atoms with Crippen molar-refractivity contribution < 1.29 is 88.1 Å². The fraction of sp³-hybridized carbons (Fsp3) is 0.571. The monoisotopic (exact) mass is 608 g/mol. The van der Waals surface area contributed by atoms with Crippen molar-refractivity contribution in [1.29, 1.82) is 0 Å². The van der Waals surface area contributed by atoms with Crippen LogP contribution in [0, 0.1) is 0 Å². The van der Waals surface area contributed by atoms with Crippen molar-refractivity contribution in [1.82, 2.24) is 24.6 Å². The molecule has 0 aliphatic rings. The second-order valence-corrected chi connectivity index (χ2v) is 10.5. The maximum Gasteiger partial charge on any atom is 0.337 e. The highest BCUT2D eigenvalue weighted by Crippen LogP contribution is 2.55. The molecule has 0 radical (unpaired) electrons. The van der Waals surface area contributed by atoms with Gasteiger partial charge in [-0.1, -0.05) is 0 Å². The van der Waals surface area contributed by atoms with Gasteiger partial charge in [0.2, 0.25) is 0 Å². The molecule has 228 valence electrons. The molecule has 0 spiro atoms. The fourth-order valence-electron chi connectivity index (χ4n) is 2.38. The summed E-state index contributed by atoms with van der Waals surface area (Å²) in [4.78, 5) is 98.1. The van der Waals surface area contributed by atoms with Gasteiger partial charge in [0.15, 0.2) is 0 Å². The minimum atomic E-state index is -5.41. The van der Waals surface area contributed by atoms with Crippen LogP contribution in [0.25, 0.3) is 0 Å². The molecule has 0 fully saturated rings. The third-order valence-corrected chi connectivity index (χ3v) is 7.61. The van der Waals surface area contributed by atoms with Crippen LogP contribution in [0.5, 0.6) is 0 Å². The van der Waals surface area contributed by atoms with E-state index in [-0.39, 0.29) is 24.6 Å².